The van der Waals surface area contributed by atoms with Crippen LogP contribution in [0, 0.1) is 5.92 Å². The van der Waals surface area contributed by atoms with Crippen molar-refractivity contribution in [3.8, 4) is 0 Å². The Balaban J connectivity index is 1.64. The summed E-state index contributed by atoms with van der Waals surface area (Å²) >= 11 is -3.53. The van der Waals surface area contributed by atoms with Crippen molar-refractivity contribution in [3.05, 3.63) is 0 Å². The number of hydrogen-bond donors (Lipinski definition) is 1. The van der Waals surface area contributed by atoms with E-state index in [1.54, 1.807) is 0 Å². The molecule has 2 atom stereocenters. The van der Waals surface area contributed by atoms with Crippen LogP contribution in [0.25, 0.3) is 0 Å². The van der Waals surface area contributed by atoms with Crippen LogP contribution in [0.5, 0.6) is 0 Å². The maximum Gasteiger partial charge on any atom is 0.260 e. The Kier molecular flexibility index (Phi) is 7.82. The smallest absolute Gasteiger partial charge is 0.260 e. The van der Waals surface area contributed by atoms with Crippen molar-refractivity contribution in [1.29, 1.82) is 0 Å². The van der Waals surface area contributed by atoms with Crippen LogP contribution in [-0.4, -0.2) is 26.2 Å². The van der Waals surface area contributed by atoms with Crippen molar-refractivity contribution in [1.82, 2.24) is 4.89 Å². The van der Waals surface area contributed by atoms with Crippen molar-refractivity contribution < 1.29 is 25.7 Å². The van der Waals surface area contributed by atoms with Gasteiger partial charge in [-0.05, 0) is 38.5 Å². The summed E-state index contributed by atoms with van der Waals surface area (Å²) in [6.07, 6.45) is 4.20. The van der Waals surface area contributed by atoms with Gasteiger partial charge in [-0.3, -0.25) is 4.18 Å². The van der Waals surface area contributed by atoms with Crippen LogP contribution < -0.4 is 4.89 Å². The molecule has 2 fully saturated rings. The summed E-state index contributed by atoms with van der Waals surface area (Å²) in [4.78, 5) is 2.16. The van der Waals surface area contributed by atoms with Crippen LogP contribution in [0.4, 0.5) is 8.78 Å². The molecule has 0 heterocycles. The molecule has 9 heteroatoms. The first-order valence-corrected chi connectivity index (χ1v) is 9.98. The average molecular weight is 359 g/mol. The molecule has 0 bridgehead atoms. The van der Waals surface area contributed by atoms with Gasteiger partial charge in [-0.2, -0.15) is 4.28 Å². The lowest BCUT2D eigenvalue weighted by Crippen LogP contribution is -2.32. The van der Waals surface area contributed by atoms with E-state index in [0.29, 0.717) is 25.7 Å². The summed E-state index contributed by atoms with van der Waals surface area (Å²) in [6.45, 7) is 0. The van der Waals surface area contributed by atoms with Crippen molar-refractivity contribution in [3.63, 3.8) is 0 Å². The van der Waals surface area contributed by atoms with Crippen molar-refractivity contribution in [2.24, 2.45) is 5.92 Å². The predicted molar refractivity (Wildman–Crippen MR) is 80.2 cm³/mol. The summed E-state index contributed by atoms with van der Waals surface area (Å²) in [6, 6.07) is 0. The average Bonchev–Trinajstić information content (AvgIpc) is 2.53. The monoisotopic (exact) mass is 359 g/mol. The molecule has 0 spiro atoms. The van der Waals surface area contributed by atoms with Gasteiger partial charge in [-0.1, -0.05) is 24.1 Å². The van der Waals surface area contributed by atoms with Crippen LogP contribution in [0.15, 0.2) is 0 Å². The van der Waals surface area contributed by atoms with E-state index in [2.05, 4.69) is 4.89 Å². The Morgan fingerprint density at radius 2 is 1.59 bits per heavy atom. The first-order valence-electron chi connectivity index (χ1n) is 7.77. The van der Waals surface area contributed by atoms with Crippen molar-refractivity contribution in [2.75, 3.05) is 0 Å². The third-order valence-corrected chi connectivity index (χ3v) is 6.34. The van der Waals surface area contributed by atoms with Gasteiger partial charge < -0.3 is 0 Å². The van der Waals surface area contributed by atoms with Crippen molar-refractivity contribution >= 4 is 22.3 Å². The Morgan fingerprint density at radius 1 is 0.955 bits per heavy atom. The molecular weight excluding hydrogens is 336 g/mol. The molecule has 2 rings (SSSR count). The lowest BCUT2D eigenvalue weighted by Gasteiger charge is -2.26. The van der Waals surface area contributed by atoms with Gasteiger partial charge in [-0.25, -0.2) is 17.2 Å². The maximum atomic E-state index is 12.5. The fraction of sp³-hybridized carbons (Fsp3) is 1.00. The first-order chi connectivity index (χ1) is 10.6. The molecule has 2 saturated carbocycles. The molecule has 2 aliphatic rings. The third-order valence-electron chi connectivity index (χ3n) is 4.31. The van der Waals surface area contributed by atoms with E-state index in [9.17, 15) is 17.2 Å². The topological polar surface area (TPSA) is 64.6 Å². The number of nitrogens with one attached hydrogen (secondary N) is 1. The number of rotatable bonds is 7. The summed E-state index contributed by atoms with van der Waals surface area (Å²) in [7, 11) is 0. The quantitative estimate of drug-likeness (QED) is 0.710. The zero-order valence-corrected chi connectivity index (χ0v) is 14.0. The molecule has 0 amide bonds. The Morgan fingerprint density at radius 3 is 2.18 bits per heavy atom. The summed E-state index contributed by atoms with van der Waals surface area (Å²) in [5.41, 5.74) is 0. The molecular formula is C13H23F2NO4S2. The van der Waals surface area contributed by atoms with E-state index in [0.717, 1.165) is 25.7 Å². The number of halogens is 2. The molecule has 0 aromatic carbocycles. The highest BCUT2D eigenvalue weighted by Gasteiger charge is 2.31. The summed E-state index contributed by atoms with van der Waals surface area (Å²) in [5.74, 6) is -0.607. The van der Waals surface area contributed by atoms with Crippen LogP contribution in [0.2, 0.25) is 0 Å². The summed E-state index contributed by atoms with van der Waals surface area (Å²) in [5, 5.41) is -0.297. The third kappa shape index (κ3) is 5.92. The van der Waals surface area contributed by atoms with Gasteiger partial charge in [0.25, 0.3) is 11.3 Å². The van der Waals surface area contributed by atoms with Gasteiger partial charge in [0.05, 0.1) is 11.4 Å². The van der Waals surface area contributed by atoms with E-state index >= 15 is 0 Å². The largest absolute Gasteiger partial charge is 0.273 e. The zero-order chi connectivity index (χ0) is 15.9. The van der Waals surface area contributed by atoms with Gasteiger partial charge >= 0.3 is 0 Å². The van der Waals surface area contributed by atoms with Crippen LogP contribution in [0.1, 0.15) is 57.8 Å². The fourth-order valence-electron chi connectivity index (χ4n) is 2.97. The van der Waals surface area contributed by atoms with Gasteiger partial charge in [0.15, 0.2) is 11.1 Å². The minimum atomic E-state index is -2.31. The van der Waals surface area contributed by atoms with E-state index in [4.69, 9.17) is 8.47 Å². The molecule has 2 aliphatic carbocycles. The van der Waals surface area contributed by atoms with Crippen molar-refractivity contribution in [2.45, 2.75) is 75.6 Å². The minimum Gasteiger partial charge on any atom is -0.273 e. The van der Waals surface area contributed by atoms with Crippen LogP contribution in [-0.2, 0) is 30.8 Å². The SMILES string of the molecule is O=S(NOS(=O)C1CCC(C(F)F)CC1)OC1CCCCC1. The first kappa shape index (κ1) is 18.4. The second-order valence-electron chi connectivity index (χ2n) is 5.89. The number of hydrogen-bond acceptors (Lipinski definition) is 4. The Hall–Kier alpha value is 0.0400. The van der Waals surface area contributed by atoms with Crippen LogP contribution in [0.3, 0.4) is 0 Å². The fourth-order valence-corrected chi connectivity index (χ4v) is 4.73. The highest BCUT2D eigenvalue weighted by atomic mass is 32.2. The van der Waals surface area contributed by atoms with Gasteiger partial charge in [0.2, 0.25) is 6.43 Å². The maximum absolute atomic E-state index is 12.5. The van der Waals surface area contributed by atoms with Gasteiger partial charge in [0.1, 0.15) is 0 Å². The molecule has 0 saturated heterocycles. The molecule has 0 aliphatic heterocycles. The van der Waals surface area contributed by atoms with Gasteiger partial charge in [-0.15, -0.1) is 0 Å². The number of alkyl halides is 2. The molecule has 5 nitrogen and oxygen atoms in total. The van der Waals surface area contributed by atoms with E-state index in [1.165, 1.54) is 6.42 Å². The van der Waals surface area contributed by atoms with E-state index < -0.39 is 34.7 Å². The molecule has 1 N–H and O–H groups in total. The summed E-state index contributed by atoms with van der Waals surface area (Å²) < 4.78 is 58.8. The Bertz CT molecular complexity index is 386. The molecule has 22 heavy (non-hydrogen) atoms. The lowest BCUT2D eigenvalue weighted by atomic mass is 9.89. The van der Waals surface area contributed by atoms with Gasteiger partial charge in [0, 0.05) is 5.92 Å². The minimum absolute atomic E-state index is 0.0550. The second kappa shape index (κ2) is 9.36. The standard InChI is InChI=1S/C13H23F2NO4S2/c14-13(15)10-6-8-12(9-7-10)21(17)20-16-22(18)19-11-4-2-1-3-5-11/h10-13,16H,1-9H2. The van der Waals surface area contributed by atoms with Crippen LogP contribution >= 0.6 is 0 Å². The molecule has 0 radical (unpaired) electrons. The molecule has 0 aromatic heterocycles. The second-order valence-corrected chi connectivity index (χ2v) is 8.07. The van der Waals surface area contributed by atoms with E-state index in [-0.39, 0.29) is 11.4 Å². The highest BCUT2D eigenvalue weighted by Crippen LogP contribution is 2.31. The normalized spacial score (nSPS) is 30.3. The Labute approximate surface area is 134 Å². The van der Waals surface area contributed by atoms with E-state index in [1.807, 2.05) is 0 Å². The predicted octanol–water partition coefficient (Wildman–Crippen LogP) is 2.92. The molecule has 2 unspecified atom stereocenters. The lowest BCUT2D eigenvalue weighted by molar-refractivity contribution is 0.0564. The zero-order valence-electron chi connectivity index (χ0n) is 12.4. The highest BCUT2D eigenvalue weighted by molar-refractivity contribution is 7.82. The molecule has 0 aromatic rings. The molecule has 130 valence electrons.